The molecule has 3 heterocycles. The van der Waals surface area contributed by atoms with Gasteiger partial charge in [0.25, 0.3) is 5.91 Å². The summed E-state index contributed by atoms with van der Waals surface area (Å²) < 4.78 is 1.72. The average Bonchev–Trinajstić information content (AvgIpc) is 3.00. The van der Waals surface area contributed by atoms with Crippen molar-refractivity contribution in [2.75, 3.05) is 18.0 Å². The zero-order chi connectivity index (χ0) is 15.7. The van der Waals surface area contributed by atoms with Gasteiger partial charge in [0.1, 0.15) is 6.33 Å². The first-order chi connectivity index (χ1) is 10.5. The van der Waals surface area contributed by atoms with Crippen LogP contribution in [0.2, 0.25) is 0 Å². The predicted molar refractivity (Wildman–Crippen MR) is 80.5 cm³/mol. The van der Waals surface area contributed by atoms with Crippen molar-refractivity contribution in [1.29, 1.82) is 0 Å². The van der Waals surface area contributed by atoms with Crippen LogP contribution in [0.5, 0.6) is 0 Å². The maximum atomic E-state index is 11.1. The monoisotopic (exact) mass is 301 g/mol. The minimum Gasteiger partial charge on any atom is -0.363 e. The molecule has 2 aromatic rings. The van der Waals surface area contributed by atoms with E-state index in [9.17, 15) is 4.79 Å². The van der Waals surface area contributed by atoms with Gasteiger partial charge in [-0.25, -0.2) is 9.67 Å². The first-order valence-corrected chi connectivity index (χ1v) is 7.31. The second-order valence-corrected chi connectivity index (χ2v) is 5.63. The summed E-state index contributed by atoms with van der Waals surface area (Å²) in [5.74, 6) is 0.331. The molecule has 2 aromatic heterocycles. The van der Waals surface area contributed by atoms with Crippen LogP contribution in [-0.4, -0.2) is 44.0 Å². The Morgan fingerprint density at radius 2 is 2.18 bits per heavy atom. The maximum Gasteiger partial charge on any atom is 0.288 e. The first-order valence-electron chi connectivity index (χ1n) is 7.31. The van der Waals surface area contributed by atoms with Crippen LogP contribution in [0.1, 0.15) is 40.8 Å². The van der Waals surface area contributed by atoms with E-state index in [-0.39, 0.29) is 11.9 Å². The summed E-state index contributed by atoms with van der Waals surface area (Å²) in [5.41, 5.74) is 7.27. The Morgan fingerprint density at radius 3 is 2.86 bits per heavy atom. The third-order valence-corrected chi connectivity index (χ3v) is 4.04. The first kappa shape index (κ1) is 14.4. The summed E-state index contributed by atoms with van der Waals surface area (Å²) in [6.07, 6.45) is 3.57. The lowest BCUT2D eigenvalue weighted by atomic mass is 10.1. The van der Waals surface area contributed by atoms with Crippen LogP contribution in [0.4, 0.5) is 5.82 Å². The molecule has 8 heteroatoms. The maximum absolute atomic E-state index is 11.1. The van der Waals surface area contributed by atoms with Crippen molar-refractivity contribution in [3.05, 3.63) is 29.5 Å². The Kier molecular flexibility index (Phi) is 3.74. The molecular formula is C14H19N7O. The van der Waals surface area contributed by atoms with Gasteiger partial charge in [-0.3, -0.25) is 4.79 Å². The highest BCUT2D eigenvalue weighted by molar-refractivity contribution is 5.88. The molecule has 0 aliphatic carbocycles. The van der Waals surface area contributed by atoms with Crippen molar-refractivity contribution in [3.63, 3.8) is 0 Å². The second kappa shape index (κ2) is 5.70. The number of carbonyl (C=O) groups excluding carboxylic acids is 1. The molecule has 0 bridgehead atoms. The molecule has 0 saturated carbocycles. The molecule has 22 heavy (non-hydrogen) atoms. The zero-order valence-electron chi connectivity index (χ0n) is 12.7. The normalized spacial score (nSPS) is 18.5. The zero-order valence-corrected chi connectivity index (χ0v) is 12.7. The highest BCUT2D eigenvalue weighted by atomic mass is 16.1. The van der Waals surface area contributed by atoms with Gasteiger partial charge in [-0.2, -0.15) is 5.10 Å². The van der Waals surface area contributed by atoms with Crippen LogP contribution in [0.15, 0.2) is 12.4 Å². The van der Waals surface area contributed by atoms with Gasteiger partial charge in [0.2, 0.25) is 5.82 Å². The molecule has 8 nitrogen and oxygen atoms in total. The number of rotatable bonds is 3. The largest absolute Gasteiger partial charge is 0.363 e. The standard InChI is InChI=1S/C14H19N7O/c1-9-6-12(18-17-10(9)2)20-5-3-4-11(7-20)21-8-16-14(19-21)13(15)22/h6,8,11H,3-5,7H2,1-2H3,(H2,15,22)/t11-/m1/s1. The van der Waals surface area contributed by atoms with Crippen molar-refractivity contribution in [3.8, 4) is 0 Å². The summed E-state index contributed by atoms with van der Waals surface area (Å²) in [4.78, 5) is 17.2. The Bertz CT molecular complexity index is 696. The van der Waals surface area contributed by atoms with E-state index >= 15 is 0 Å². The number of hydrogen-bond acceptors (Lipinski definition) is 6. The van der Waals surface area contributed by atoms with Gasteiger partial charge in [0, 0.05) is 13.1 Å². The molecule has 1 aliphatic heterocycles. The number of aromatic nitrogens is 5. The van der Waals surface area contributed by atoms with Gasteiger partial charge in [-0.05, 0) is 38.3 Å². The van der Waals surface area contributed by atoms with Gasteiger partial charge >= 0.3 is 0 Å². The molecule has 0 unspecified atom stereocenters. The summed E-state index contributed by atoms with van der Waals surface area (Å²) in [6.45, 7) is 5.68. The number of aryl methyl sites for hydroxylation is 2. The molecular weight excluding hydrogens is 282 g/mol. The topological polar surface area (TPSA) is 103 Å². The Hall–Kier alpha value is -2.51. The van der Waals surface area contributed by atoms with E-state index in [4.69, 9.17) is 5.73 Å². The van der Waals surface area contributed by atoms with Gasteiger partial charge in [-0.15, -0.1) is 10.2 Å². The molecule has 1 saturated heterocycles. The number of hydrogen-bond donors (Lipinski definition) is 1. The number of nitrogens with two attached hydrogens (primary N) is 1. The lowest BCUT2D eigenvalue weighted by molar-refractivity contribution is 0.0990. The van der Waals surface area contributed by atoms with Crippen LogP contribution < -0.4 is 10.6 Å². The third-order valence-electron chi connectivity index (χ3n) is 4.04. The number of amides is 1. The number of piperidine rings is 1. The Morgan fingerprint density at radius 1 is 1.36 bits per heavy atom. The molecule has 0 radical (unpaired) electrons. The van der Waals surface area contributed by atoms with Crippen LogP contribution in [0, 0.1) is 13.8 Å². The highest BCUT2D eigenvalue weighted by Gasteiger charge is 2.24. The molecule has 2 N–H and O–H groups in total. The van der Waals surface area contributed by atoms with Crippen molar-refractivity contribution < 1.29 is 4.79 Å². The van der Waals surface area contributed by atoms with Gasteiger partial charge < -0.3 is 10.6 Å². The Balaban J connectivity index is 1.78. The predicted octanol–water partition coefficient (Wildman–Crippen LogP) is 0.625. The van der Waals surface area contributed by atoms with Crippen LogP contribution in [0.25, 0.3) is 0 Å². The average molecular weight is 301 g/mol. The quantitative estimate of drug-likeness (QED) is 0.891. The van der Waals surface area contributed by atoms with Crippen LogP contribution in [-0.2, 0) is 0 Å². The SMILES string of the molecule is Cc1cc(N2CCC[C@@H](n3cnc(C(N)=O)n3)C2)nnc1C. The van der Waals surface area contributed by atoms with Crippen LogP contribution >= 0.6 is 0 Å². The Labute approximate surface area is 128 Å². The van der Waals surface area contributed by atoms with Crippen molar-refractivity contribution in [2.24, 2.45) is 5.73 Å². The van der Waals surface area contributed by atoms with E-state index in [1.807, 2.05) is 13.8 Å². The van der Waals surface area contributed by atoms with Crippen molar-refractivity contribution >= 4 is 11.7 Å². The fourth-order valence-corrected chi connectivity index (χ4v) is 2.63. The van der Waals surface area contributed by atoms with Gasteiger partial charge in [0.05, 0.1) is 11.7 Å². The lowest BCUT2D eigenvalue weighted by Gasteiger charge is -2.33. The van der Waals surface area contributed by atoms with Crippen molar-refractivity contribution in [1.82, 2.24) is 25.0 Å². The third kappa shape index (κ3) is 2.76. The molecule has 116 valence electrons. The van der Waals surface area contributed by atoms with E-state index in [0.717, 1.165) is 43.0 Å². The van der Waals surface area contributed by atoms with E-state index in [0.29, 0.717) is 0 Å². The molecule has 1 atom stereocenters. The summed E-state index contributed by atoms with van der Waals surface area (Å²) >= 11 is 0. The summed E-state index contributed by atoms with van der Waals surface area (Å²) in [5, 5.41) is 12.6. The van der Waals surface area contributed by atoms with E-state index < -0.39 is 5.91 Å². The highest BCUT2D eigenvalue weighted by Crippen LogP contribution is 2.24. The molecule has 1 aliphatic rings. The molecule has 1 fully saturated rings. The fraction of sp³-hybridized carbons (Fsp3) is 0.500. The lowest BCUT2D eigenvalue weighted by Crippen LogP contribution is -2.37. The number of nitrogens with zero attached hydrogens (tertiary/aromatic N) is 6. The van der Waals surface area contributed by atoms with Gasteiger partial charge in [0.15, 0.2) is 5.82 Å². The number of carbonyl (C=O) groups is 1. The number of anilines is 1. The van der Waals surface area contributed by atoms with Crippen molar-refractivity contribution in [2.45, 2.75) is 32.7 Å². The molecule has 1 amide bonds. The van der Waals surface area contributed by atoms with E-state index in [1.54, 1.807) is 11.0 Å². The molecule has 0 spiro atoms. The fourth-order valence-electron chi connectivity index (χ4n) is 2.63. The molecule has 3 rings (SSSR count). The summed E-state index contributed by atoms with van der Waals surface area (Å²) in [6, 6.07) is 2.21. The minimum absolute atomic E-state index is 0.0584. The minimum atomic E-state index is -0.605. The van der Waals surface area contributed by atoms with E-state index in [2.05, 4.69) is 31.2 Å². The van der Waals surface area contributed by atoms with Crippen LogP contribution in [0.3, 0.4) is 0 Å². The van der Waals surface area contributed by atoms with Gasteiger partial charge in [-0.1, -0.05) is 0 Å². The smallest absolute Gasteiger partial charge is 0.288 e. The molecule has 0 aromatic carbocycles. The number of primary amides is 1. The second-order valence-electron chi connectivity index (χ2n) is 5.63. The summed E-state index contributed by atoms with van der Waals surface area (Å²) in [7, 11) is 0. The van der Waals surface area contributed by atoms with E-state index in [1.165, 1.54) is 0 Å².